The molecule has 0 unspecified atom stereocenters. The van der Waals surface area contributed by atoms with Gasteiger partial charge < -0.3 is 16.0 Å². The van der Waals surface area contributed by atoms with Crippen molar-refractivity contribution in [3.05, 3.63) is 11.1 Å². The maximum Gasteiger partial charge on any atom is 0.271 e. The first-order valence-electron chi connectivity index (χ1n) is 7.08. The van der Waals surface area contributed by atoms with Crippen LogP contribution in [0.15, 0.2) is 5.38 Å². The molecule has 0 bridgehead atoms. The van der Waals surface area contributed by atoms with Crippen LogP contribution in [-0.4, -0.2) is 40.8 Å². The first kappa shape index (κ1) is 15.8. The number of aromatic nitrogens is 1. The Balaban J connectivity index is 1.84. The lowest BCUT2D eigenvalue weighted by molar-refractivity contribution is -0.140. The molecule has 0 radical (unpaired) electrons. The van der Waals surface area contributed by atoms with Gasteiger partial charge in [-0.2, -0.15) is 0 Å². The molecule has 2 amide bonds. The van der Waals surface area contributed by atoms with E-state index < -0.39 is 0 Å². The topological polar surface area (TPSA) is 88.3 Å². The molecule has 3 N–H and O–H groups in total. The second kappa shape index (κ2) is 6.01. The molecule has 2 rings (SSSR count). The Labute approximate surface area is 128 Å². The summed E-state index contributed by atoms with van der Waals surface area (Å²) < 4.78 is 0. The molecule has 116 valence electrons. The standard InChI is InChI=1S/C14H22N4O2S/c1-14(2,3)12(20)18-6-4-9(5-7-18)16-11(19)10-8-21-13(15)17-10/h8-9H,4-7H2,1-3H3,(H2,15,17)(H,16,19). The highest BCUT2D eigenvalue weighted by atomic mass is 32.1. The molecular weight excluding hydrogens is 288 g/mol. The Kier molecular flexibility index (Phi) is 4.51. The number of anilines is 1. The third kappa shape index (κ3) is 3.93. The second-order valence-electron chi connectivity index (χ2n) is 6.36. The molecule has 1 fully saturated rings. The smallest absolute Gasteiger partial charge is 0.271 e. The number of likely N-dealkylation sites (tertiary alicyclic amines) is 1. The molecule has 1 aliphatic rings. The molecule has 1 aliphatic heterocycles. The number of nitrogen functional groups attached to an aromatic ring is 1. The van der Waals surface area contributed by atoms with Crippen molar-refractivity contribution in [1.29, 1.82) is 0 Å². The van der Waals surface area contributed by atoms with E-state index in [0.29, 0.717) is 23.9 Å². The number of carbonyl (C=O) groups excluding carboxylic acids is 2. The van der Waals surface area contributed by atoms with Gasteiger partial charge in [-0.05, 0) is 12.8 Å². The van der Waals surface area contributed by atoms with E-state index in [1.54, 1.807) is 5.38 Å². The average molecular weight is 310 g/mol. The van der Waals surface area contributed by atoms with Crippen molar-refractivity contribution >= 4 is 28.3 Å². The maximum atomic E-state index is 12.2. The number of rotatable bonds is 2. The summed E-state index contributed by atoms with van der Waals surface area (Å²) in [5.41, 5.74) is 5.54. The van der Waals surface area contributed by atoms with Gasteiger partial charge in [-0.1, -0.05) is 20.8 Å². The van der Waals surface area contributed by atoms with Gasteiger partial charge >= 0.3 is 0 Å². The quantitative estimate of drug-likeness (QED) is 0.866. The van der Waals surface area contributed by atoms with Gasteiger partial charge in [0.2, 0.25) is 5.91 Å². The Morgan fingerprint density at radius 2 is 2.00 bits per heavy atom. The number of nitrogens with zero attached hydrogens (tertiary/aromatic N) is 2. The summed E-state index contributed by atoms with van der Waals surface area (Å²) in [7, 11) is 0. The summed E-state index contributed by atoms with van der Waals surface area (Å²) in [6.07, 6.45) is 1.54. The normalized spacial score (nSPS) is 16.8. The lowest BCUT2D eigenvalue weighted by Crippen LogP contribution is -2.49. The van der Waals surface area contributed by atoms with Crippen molar-refractivity contribution in [3.63, 3.8) is 0 Å². The molecule has 1 aromatic rings. The number of carbonyl (C=O) groups is 2. The number of piperidine rings is 1. The largest absolute Gasteiger partial charge is 0.375 e. The Hall–Kier alpha value is -1.63. The number of thiazole rings is 1. The lowest BCUT2D eigenvalue weighted by Gasteiger charge is -2.35. The lowest BCUT2D eigenvalue weighted by atomic mass is 9.93. The highest BCUT2D eigenvalue weighted by Gasteiger charge is 2.30. The van der Waals surface area contributed by atoms with Crippen LogP contribution in [0.1, 0.15) is 44.1 Å². The van der Waals surface area contributed by atoms with Crippen molar-refractivity contribution in [2.45, 2.75) is 39.7 Å². The van der Waals surface area contributed by atoms with Gasteiger partial charge in [0.05, 0.1) is 0 Å². The van der Waals surface area contributed by atoms with Crippen LogP contribution in [0.2, 0.25) is 0 Å². The number of nitrogens with two attached hydrogens (primary N) is 1. The highest BCUT2D eigenvalue weighted by Crippen LogP contribution is 2.21. The van der Waals surface area contributed by atoms with Crippen LogP contribution in [0.25, 0.3) is 0 Å². The Morgan fingerprint density at radius 3 is 2.48 bits per heavy atom. The predicted molar refractivity (Wildman–Crippen MR) is 83.0 cm³/mol. The van der Waals surface area contributed by atoms with Gasteiger partial charge in [-0.3, -0.25) is 9.59 Å². The van der Waals surface area contributed by atoms with Gasteiger partial charge in [-0.15, -0.1) is 11.3 Å². The molecule has 1 saturated heterocycles. The summed E-state index contributed by atoms with van der Waals surface area (Å²) in [5.74, 6) is -0.0249. The Bertz CT molecular complexity index is 527. The van der Waals surface area contributed by atoms with Gasteiger partial charge in [0, 0.05) is 29.9 Å². The summed E-state index contributed by atoms with van der Waals surface area (Å²) in [5, 5.41) is 5.01. The van der Waals surface area contributed by atoms with Crippen molar-refractivity contribution in [2.24, 2.45) is 5.41 Å². The van der Waals surface area contributed by atoms with Crippen LogP contribution in [0, 0.1) is 5.41 Å². The molecule has 7 heteroatoms. The van der Waals surface area contributed by atoms with Crippen molar-refractivity contribution in [2.75, 3.05) is 18.8 Å². The fraction of sp³-hybridized carbons (Fsp3) is 0.643. The minimum atomic E-state index is -0.353. The molecule has 0 saturated carbocycles. The summed E-state index contributed by atoms with van der Waals surface area (Å²) in [6, 6.07) is 0.0874. The number of nitrogens with one attached hydrogen (secondary N) is 1. The molecule has 0 aromatic carbocycles. The molecule has 0 spiro atoms. The SMILES string of the molecule is CC(C)(C)C(=O)N1CCC(NC(=O)c2csc(N)n2)CC1. The van der Waals surface area contributed by atoms with E-state index in [1.165, 1.54) is 11.3 Å². The molecule has 0 atom stereocenters. The van der Waals surface area contributed by atoms with Gasteiger partial charge in [0.25, 0.3) is 5.91 Å². The average Bonchev–Trinajstić information content (AvgIpc) is 2.84. The highest BCUT2D eigenvalue weighted by molar-refractivity contribution is 7.13. The van der Waals surface area contributed by atoms with Crippen LogP contribution < -0.4 is 11.1 Å². The van der Waals surface area contributed by atoms with E-state index in [0.717, 1.165) is 12.8 Å². The third-order valence-corrected chi connectivity index (χ3v) is 4.19. The van der Waals surface area contributed by atoms with Crippen LogP contribution in [0.5, 0.6) is 0 Å². The molecule has 6 nitrogen and oxygen atoms in total. The maximum absolute atomic E-state index is 12.2. The molecule has 2 heterocycles. The second-order valence-corrected chi connectivity index (χ2v) is 7.25. The van der Waals surface area contributed by atoms with E-state index in [1.807, 2.05) is 25.7 Å². The van der Waals surface area contributed by atoms with E-state index in [-0.39, 0.29) is 23.3 Å². The molecule has 21 heavy (non-hydrogen) atoms. The zero-order chi connectivity index (χ0) is 15.6. The third-order valence-electron chi connectivity index (χ3n) is 3.51. The first-order chi connectivity index (χ1) is 9.77. The zero-order valence-corrected chi connectivity index (χ0v) is 13.5. The predicted octanol–water partition coefficient (Wildman–Crippen LogP) is 1.49. The minimum Gasteiger partial charge on any atom is -0.375 e. The van der Waals surface area contributed by atoms with E-state index in [9.17, 15) is 9.59 Å². The van der Waals surface area contributed by atoms with Crippen LogP contribution in [0.4, 0.5) is 5.13 Å². The monoisotopic (exact) mass is 310 g/mol. The van der Waals surface area contributed by atoms with Crippen molar-refractivity contribution < 1.29 is 9.59 Å². The Morgan fingerprint density at radius 1 is 1.38 bits per heavy atom. The molecule has 1 aromatic heterocycles. The van der Waals surface area contributed by atoms with Crippen LogP contribution in [0.3, 0.4) is 0 Å². The fourth-order valence-corrected chi connectivity index (χ4v) is 2.90. The fourth-order valence-electron chi connectivity index (χ4n) is 2.35. The minimum absolute atomic E-state index is 0.0874. The van der Waals surface area contributed by atoms with Gasteiger partial charge in [0.1, 0.15) is 5.69 Å². The number of hydrogen-bond acceptors (Lipinski definition) is 5. The summed E-state index contributed by atoms with van der Waals surface area (Å²) >= 11 is 1.25. The van der Waals surface area contributed by atoms with E-state index in [2.05, 4.69) is 10.3 Å². The van der Waals surface area contributed by atoms with E-state index in [4.69, 9.17) is 5.73 Å². The van der Waals surface area contributed by atoms with Crippen LogP contribution >= 0.6 is 11.3 Å². The van der Waals surface area contributed by atoms with E-state index >= 15 is 0 Å². The number of amides is 2. The van der Waals surface area contributed by atoms with Crippen LogP contribution in [-0.2, 0) is 4.79 Å². The molecular formula is C14H22N4O2S. The number of hydrogen-bond donors (Lipinski definition) is 2. The summed E-state index contributed by atoms with van der Waals surface area (Å²) in [6.45, 7) is 7.14. The first-order valence-corrected chi connectivity index (χ1v) is 7.96. The van der Waals surface area contributed by atoms with Crippen molar-refractivity contribution in [3.8, 4) is 0 Å². The van der Waals surface area contributed by atoms with Crippen molar-refractivity contribution in [1.82, 2.24) is 15.2 Å². The zero-order valence-electron chi connectivity index (χ0n) is 12.7. The van der Waals surface area contributed by atoms with Gasteiger partial charge in [-0.25, -0.2) is 4.98 Å². The van der Waals surface area contributed by atoms with Gasteiger partial charge in [0.15, 0.2) is 5.13 Å². The summed E-state index contributed by atoms with van der Waals surface area (Å²) in [4.78, 5) is 30.0. The molecule has 0 aliphatic carbocycles.